The molecular weight excluding hydrogens is 333 g/mol. The molecule has 7 heteroatoms. The second-order valence-electron chi connectivity index (χ2n) is 6.89. The van der Waals surface area contributed by atoms with Crippen LogP contribution in [0.2, 0.25) is 0 Å². The maximum absolute atomic E-state index is 13.9. The van der Waals surface area contributed by atoms with E-state index in [0.717, 1.165) is 68.9 Å². The van der Waals surface area contributed by atoms with Gasteiger partial charge in [0.25, 0.3) is 0 Å². The first-order valence-electron chi connectivity index (χ1n) is 9.21. The number of hydrogen-bond acceptors (Lipinski definition) is 6. The highest BCUT2D eigenvalue weighted by Gasteiger charge is 2.20. The quantitative estimate of drug-likeness (QED) is 0.871. The molecule has 2 aliphatic heterocycles. The van der Waals surface area contributed by atoms with Crippen molar-refractivity contribution in [1.82, 2.24) is 15.3 Å². The number of aliphatic hydroxyl groups is 1. The summed E-state index contributed by atoms with van der Waals surface area (Å²) < 4.78 is 13.9. The van der Waals surface area contributed by atoms with E-state index in [9.17, 15) is 9.50 Å². The molecule has 1 aromatic heterocycles. The maximum atomic E-state index is 13.9. The van der Waals surface area contributed by atoms with Gasteiger partial charge in [-0.3, -0.25) is 0 Å². The normalized spacial score (nSPS) is 19.0. The van der Waals surface area contributed by atoms with Crippen LogP contribution in [0.25, 0.3) is 11.1 Å². The van der Waals surface area contributed by atoms with Crippen molar-refractivity contribution in [3.63, 3.8) is 0 Å². The molecule has 138 valence electrons. The summed E-state index contributed by atoms with van der Waals surface area (Å²) in [6, 6.07) is 4.91. The third kappa shape index (κ3) is 3.64. The minimum absolute atomic E-state index is 0.223. The van der Waals surface area contributed by atoms with Gasteiger partial charge in [0.15, 0.2) is 0 Å². The minimum atomic E-state index is -0.257. The van der Waals surface area contributed by atoms with Crippen LogP contribution in [0.15, 0.2) is 30.6 Å². The fourth-order valence-corrected chi connectivity index (χ4v) is 3.61. The smallest absolute Gasteiger partial charge is 0.225 e. The van der Waals surface area contributed by atoms with Crippen LogP contribution in [0.1, 0.15) is 12.8 Å². The van der Waals surface area contributed by atoms with E-state index in [-0.39, 0.29) is 11.9 Å². The molecule has 0 bridgehead atoms. The molecule has 0 aliphatic carbocycles. The van der Waals surface area contributed by atoms with Crippen molar-refractivity contribution in [2.24, 2.45) is 0 Å². The topological polar surface area (TPSA) is 64.5 Å². The Morgan fingerprint density at radius 2 is 1.69 bits per heavy atom. The Kier molecular flexibility index (Phi) is 4.99. The highest BCUT2D eigenvalue weighted by atomic mass is 19.1. The molecule has 0 amide bonds. The molecule has 0 saturated carbocycles. The first kappa shape index (κ1) is 17.2. The Morgan fingerprint density at radius 1 is 1.00 bits per heavy atom. The Balaban J connectivity index is 1.59. The molecular formula is C19H24FN5O. The van der Waals surface area contributed by atoms with Crippen LogP contribution >= 0.6 is 0 Å². The summed E-state index contributed by atoms with van der Waals surface area (Å²) in [6.45, 7) is 5.15. The van der Waals surface area contributed by atoms with Gasteiger partial charge in [-0.1, -0.05) is 0 Å². The lowest BCUT2D eigenvalue weighted by Crippen LogP contribution is -2.43. The van der Waals surface area contributed by atoms with Gasteiger partial charge in [-0.25, -0.2) is 14.4 Å². The van der Waals surface area contributed by atoms with Gasteiger partial charge in [0, 0.05) is 68.5 Å². The van der Waals surface area contributed by atoms with E-state index in [1.165, 1.54) is 6.07 Å². The lowest BCUT2D eigenvalue weighted by molar-refractivity contribution is 0.145. The van der Waals surface area contributed by atoms with Crippen LogP contribution in [0.4, 0.5) is 16.0 Å². The van der Waals surface area contributed by atoms with Crippen LogP contribution in [0, 0.1) is 5.82 Å². The molecule has 0 radical (unpaired) electrons. The molecule has 2 N–H and O–H groups in total. The Hall–Kier alpha value is -2.25. The molecule has 2 fully saturated rings. The number of hydrogen-bond donors (Lipinski definition) is 2. The predicted molar refractivity (Wildman–Crippen MR) is 100.0 cm³/mol. The number of nitrogens with one attached hydrogen (secondary N) is 1. The number of halogens is 1. The molecule has 0 atom stereocenters. The van der Waals surface area contributed by atoms with E-state index in [4.69, 9.17) is 0 Å². The van der Waals surface area contributed by atoms with Crippen LogP contribution in [-0.2, 0) is 0 Å². The molecule has 26 heavy (non-hydrogen) atoms. The molecule has 3 heterocycles. The largest absolute Gasteiger partial charge is 0.393 e. The zero-order valence-electron chi connectivity index (χ0n) is 14.7. The summed E-state index contributed by atoms with van der Waals surface area (Å²) in [5.74, 6) is 0.411. The number of benzene rings is 1. The third-order valence-corrected chi connectivity index (χ3v) is 5.11. The zero-order chi connectivity index (χ0) is 17.9. The second kappa shape index (κ2) is 7.55. The van der Waals surface area contributed by atoms with Crippen molar-refractivity contribution in [2.75, 3.05) is 49.1 Å². The van der Waals surface area contributed by atoms with Gasteiger partial charge in [0.1, 0.15) is 5.82 Å². The standard InChI is InChI=1S/C19H24FN5O/c20-15-1-2-18(24-9-5-21-6-10-24)17(11-15)14-12-22-19(23-13-14)25-7-3-16(26)4-8-25/h1-2,11-13,16,21,26H,3-10H2. The van der Waals surface area contributed by atoms with Crippen LogP contribution in [-0.4, -0.2) is 60.4 Å². The third-order valence-electron chi connectivity index (χ3n) is 5.11. The highest BCUT2D eigenvalue weighted by Crippen LogP contribution is 2.32. The molecule has 4 rings (SSSR count). The molecule has 0 unspecified atom stereocenters. The SMILES string of the molecule is OC1CCN(c2ncc(-c3cc(F)ccc3N3CCNCC3)cn2)CC1. The van der Waals surface area contributed by atoms with Crippen molar-refractivity contribution >= 4 is 11.6 Å². The summed E-state index contributed by atoms with van der Waals surface area (Å²) in [7, 11) is 0. The lowest BCUT2D eigenvalue weighted by atomic mass is 10.0. The van der Waals surface area contributed by atoms with Gasteiger partial charge in [-0.05, 0) is 31.0 Å². The maximum Gasteiger partial charge on any atom is 0.225 e. The Labute approximate surface area is 152 Å². The number of piperidine rings is 1. The van der Waals surface area contributed by atoms with Crippen molar-refractivity contribution in [1.29, 1.82) is 0 Å². The molecule has 2 saturated heterocycles. The lowest BCUT2D eigenvalue weighted by Gasteiger charge is -2.31. The Bertz CT molecular complexity index is 740. The molecule has 6 nitrogen and oxygen atoms in total. The number of anilines is 2. The summed E-state index contributed by atoms with van der Waals surface area (Å²) in [6.07, 6.45) is 4.80. The van der Waals surface area contributed by atoms with E-state index in [1.807, 2.05) is 6.07 Å². The van der Waals surface area contributed by atoms with Gasteiger partial charge in [0.2, 0.25) is 5.95 Å². The number of nitrogens with zero attached hydrogens (tertiary/aromatic N) is 4. The van der Waals surface area contributed by atoms with Gasteiger partial charge in [-0.2, -0.15) is 0 Å². The highest BCUT2D eigenvalue weighted by molar-refractivity contribution is 5.78. The first-order chi connectivity index (χ1) is 12.7. The van der Waals surface area contributed by atoms with Gasteiger partial charge in [-0.15, -0.1) is 0 Å². The Morgan fingerprint density at radius 3 is 2.38 bits per heavy atom. The van der Waals surface area contributed by atoms with Crippen molar-refractivity contribution in [2.45, 2.75) is 18.9 Å². The minimum Gasteiger partial charge on any atom is -0.393 e. The summed E-state index contributed by atoms with van der Waals surface area (Å²) in [5.41, 5.74) is 2.66. The molecule has 2 aliphatic rings. The monoisotopic (exact) mass is 357 g/mol. The number of aliphatic hydroxyl groups excluding tert-OH is 1. The molecule has 0 spiro atoms. The van der Waals surface area contributed by atoms with Gasteiger partial charge in [0.05, 0.1) is 6.10 Å². The summed E-state index contributed by atoms with van der Waals surface area (Å²) >= 11 is 0. The van der Waals surface area contributed by atoms with Crippen LogP contribution < -0.4 is 15.1 Å². The van der Waals surface area contributed by atoms with Crippen LogP contribution in [0.5, 0.6) is 0 Å². The predicted octanol–water partition coefficient (Wildman–Crippen LogP) is 1.65. The molecule has 1 aromatic carbocycles. The van der Waals surface area contributed by atoms with Crippen molar-refractivity contribution < 1.29 is 9.50 Å². The van der Waals surface area contributed by atoms with E-state index in [0.29, 0.717) is 5.95 Å². The summed E-state index contributed by atoms with van der Waals surface area (Å²) in [4.78, 5) is 13.4. The van der Waals surface area contributed by atoms with Crippen molar-refractivity contribution in [3.05, 3.63) is 36.4 Å². The van der Waals surface area contributed by atoms with Gasteiger partial charge >= 0.3 is 0 Å². The van der Waals surface area contributed by atoms with E-state index in [2.05, 4.69) is 25.1 Å². The average Bonchev–Trinajstić information content (AvgIpc) is 2.69. The number of piperazine rings is 1. The summed E-state index contributed by atoms with van der Waals surface area (Å²) in [5, 5.41) is 13.0. The molecule has 2 aromatic rings. The first-order valence-corrected chi connectivity index (χ1v) is 9.21. The second-order valence-corrected chi connectivity index (χ2v) is 6.89. The average molecular weight is 357 g/mol. The van der Waals surface area contributed by atoms with E-state index in [1.54, 1.807) is 18.5 Å². The van der Waals surface area contributed by atoms with Crippen LogP contribution in [0.3, 0.4) is 0 Å². The van der Waals surface area contributed by atoms with E-state index >= 15 is 0 Å². The number of aromatic nitrogens is 2. The van der Waals surface area contributed by atoms with Gasteiger partial charge < -0.3 is 20.2 Å². The zero-order valence-corrected chi connectivity index (χ0v) is 14.7. The fourth-order valence-electron chi connectivity index (χ4n) is 3.61. The number of rotatable bonds is 3. The van der Waals surface area contributed by atoms with Crippen molar-refractivity contribution in [3.8, 4) is 11.1 Å². The fraction of sp³-hybridized carbons (Fsp3) is 0.474. The van der Waals surface area contributed by atoms with E-state index < -0.39 is 0 Å².